The molecule has 0 N–H and O–H groups in total. The van der Waals surface area contributed by atoms with Crippen molar-refractivity contribution < 1.29 is 4.79 Å². The van der Waals surface area contributed by atoms with Crippen molar-refractivity contribution in [1.29, 1.82) is 0 Å². The summed E-state index contributed by atoms with van der Waals surface area (Å²) in [5.41, 5.74) is 1.30. The Kier molecular flexibility index (Phi) is 5.83. The predicted molar refractivity (Wildman–Crippen MR) is 116 cm³/mol. The van der Waals surface area contributed by atoms with Gasteiger partial charge in [-0.25, -0.2) is 4.98 Å². The molecule has 152 valence electrons. The third kappa shape index (κ3) is 3.75. The van der Waals surface area contributed by atoms with E-state index >= 15 is 0 Å². The molecule has 0 unspecified atom stereocenters. The first-order valence-corrected chi connectivity index (χ1v) is 12.2. The second kappa shape index (κ2) is 8.19. The zero-order chi connectivity index (χ0) is 19.8. The third-order valence-electron chi connectivity index (χ3n) is 5.90. The van der Waals surface area contributed by atoms with Crippen LogP contribution < -0.4 is 5.56 Å². The lowest BCUT2D eigenvalue weighted by Gasteiger charge is -2.35. The standard InChI is InChI=1S/C21H29N3O2S2/c1-4-24-20(26)18-15-7-5-6-8-16(15)28-19(18)22-21(24)27-12-17(25)23-10-13(2)9-14(3)11-23/h13-14H,4-12H2,1-3H3/t13-,14-/m0/s1. The van der Waals surface area contributed by atoms with Crippen LogP contribution in [0.2, 0.25) is 0 Å². The number of aryl methyl sites for hydroxylation is 2. The summed E-state index contributed by atoms with van der Waals surface area (Å²) >= 11 is 3.10. The highest BCUT2D eigenvalue weighted by Crippen LogP contribution is 2.34. The number of nitrogens with zero attached hydrogens (tertiary/aromatic N) is 3. The summed E-state index contributed by atoms with van der Waals surface area (Å²) in [6.45, 7) is 8.68. The topological polar surface area (TPSA) is 55.2 Å². The minimum Gasteiger partial charge on any atom is -0.341 e. The molecule has 1 amide bonds. The average Bonchev–Trinajstić information content (AvgIpc) is 3.04. The highest BCUT2D eigenvalue weighted by Gasteiger charge is 2.26. The summed E-state index contributed by atoms with van der Waals surface area (Å²) in [5, 5.41) is 1.51. The van der Waals surface area contributed by atoms with Gasteiger partial charge in [0.2, 0.25) is 5.91 Å². The minimum absolute atomic E-state index is 0.0714. The Hall–Kier alpha value is -1.34. The van der Waals surface area contributed by atoms with Crippen molar-refractivity contribution in [2.45, 2.75) is 64.6 Å². The number of rotatable bonds is 4. The fraction of sp³-hybridized carbons (Fsp3) is 0.667. The maximum atomic E-state index is 13.2. The molecule has 2 atom stereocenters. The van der Waals surface area contributed by atoms with Crippen LogP contribution >= 0.6 is 23.1 Å². The molecule has 0 bridgehead atoms. The molecule has 2 aromatic rings. The third-order valence-corrected chi connectivity index (χ3v) is 8.05. The molecule has 1 aliphatic carbocycles. The quantitative estimate of drug-likeness (QED) is 0.556. The largest absolute Gasteiger partial charge is 0.341 e. The molecular formula is C21H29N3O2S2. The van der Waals surface area contributed by atoms with Crippen molar-refractivity contribution >= 4 is 39.2 Å². The van der Waals surface area contributed by atoms with Crippen LogP contribution in [0.3, 0.4) is 0 Å². The molecule has 1 aliphatic heterocycles. The average molecular weight is 420 g/mol. The van der Waals surface area contributed by atoms with Gasteiger partial charge in [0.1, 0.15) is 4.83 Å². The van der Waals surface area contributed by atoms with Gasteiger partial charge in [0.15, 0.2) is 5.16 Å². The number of carbonyl (C=O) groups is 1. The lowest BCUT2D eigenvalue weighted by Crippen LogP contribution is -2.43. The molecule has 0 aromatic carbocycles. The van der Waals surface area contributed by atoms with E-state index in [1.165, 1.54) is 35.0 Å². The number of likely N-dealkylation sites (tertiary alicyclic amines) is 1. The first-order valence-electron chi connectivity index (χ1n) is 10.4. The van der Waals surface area contributed by atoms with E-state index in [0.717, 1.165) is 42.6 Å². The van der Waals surface area contributed by atoms with Crippen LogP contribution in [0.5, 0.6) is 0 Å². The van der Waals surface area contributed by atoms with Gasteiger partial charge in [0.05, 0.1) is 11.1 Å². The van der Waals surface area contributed by atoms with Crippen LogP contribution in [0.4, 0.5) is 0 Å². The number of aromatic nitrogens is 2. The van der Waals surface area contributed by atoms with E-state index in [1.807, 2.05) is 11.8 Å². The van der Waals surface area contributed by atoms with Crippen LogP contribution in [-0.2, 0) is 24.2 Å². The lowest BCUT2D eigenvalue weighted by atomic mass is 9.92. The summed E-state index contributed by atoms with van der Waals surface area (Å²) in [6, 6.07) is 0. The monoisotopic (exact) mass is 419 g/mol. The molecule has 0 spiro atoms. The molecule has 5 nitrogen and oxygen atoms in total. The Morgan fingerprint density at radius 2 is 1.93 bits per heavy atom. The van der Waals surface area contributed by atoms with Crippen molar-refractivity contribution in [2.24, 2.45) is 11.8 Å². The van der Waals surface area contributed by atoms with E-state index in [1.54, 1.807) is 15.9 Å². The Balaban J connectivity index is 1.58. The number of fused-ring (bicyclic) bond motifs is 3. The van der Waals surface area contributed by atoms with E-state index in [4.69, 9.17) is 4.98 Å². The van der Waals surface area contributed by atoms with E-state index in [0.29, 0.717) is 29.3 Å². The highest BCUT2D eigenvalue weighted by molar-refractivity contribution is 7.99. The molecule has 3 heterocycles. The summed E-state index contributed by atoms with van der Waals surface area (Å²) in [4.78, 5) is 34.9. The first kappa shape index (κ1) is 20.0. The van der Waals surface area contributed by atoms with Crippen molar-refractivity contribution in [3.8, 4) is 0 Å². The summed E-state index contributed by atoms with van der Waals surface area (Å²) in [5.74, 6) is 1.62. The fourth-order valence-corrected chi connectivity index (χ4v) is 6.96. The second-order valence-corrected chi connectivity index (χ2v) is 10.4. The zero-order valence-corrected chi connectivity index (χ0v) is 18.6. The second-order valence-electron chi connectivity index (χ2n) is 8.37. The predicted octanol–water partition coefficient (Wildman–Crippen LogP) is 3.95. The van der Waals surface area contributed by atoms with Gasteiger partial charge >= 0.3 is 0 Å². The Morgan fingerprint density at radius 1 is 1.21 bits per heavy atom. The van der Waals surface area contributed by atoms with E-state index in [-0.39, 0.29) is 11.5 Å². The number of piperidine rings is 1. The van der Waals surface area contributed by atoms with Gasteiger partial charge in [0, 0.05) is 24.5 Å². The number of hydrogen-bond acceptors (Lipinski definition) is 5. The van der Waals surface area contributed by atoms with Crippen LogP contribution in [-0.4, -0.2) is 39.2 Å². The Labute approximate surface area is 174 Å². The van der Waals surface area contributed by atoms with E-state index in [9.17, 15) is 9.59 Å². The van der Waals surface area contributed by atoms with Crippen molar-refractivity contribution in [3.05, 3.63) is 20.8 Å². The molecule has 2 aliphatic rings. The Morgan fingerprint density at radius 3 is 2.64 bits per heavy atom. The van der Waals surface area contributed by atoms with Gasteiger partial charge in [-0.3, -0.25) is 14.2 Å². The molecule has 0 radical (unpaired) electrons. The summed E-state index contributed by atoms with van der Waals surface area (Å²) in [6.07, 6.45) is 5.60. The molecule has 1 fully saturated rings. The normalized spacial score (nSPS) is 22.5. The number of thioether (sulfide) groups is 1. The van der Waals surface area contributed by atoms with Gasteiger partial charge in [-0.15, -0.1) is 11.3 Å². The van der Waals surface area contributed by atoms with Gasteiger partial charge in [-0.2, -0.15) is 0 Å². The molecule has 1 saturated heterocycles. The zero-order valence-electron chi connectivity index (χ0n) is 17.0. The first-order chi connectivity index (χ1) is 13.5. The SMILES string of the molecule is CCn1c(SCC(=O)N2C[C@@H](C)C[C@H](C)C2)nc2sc3c(c2c1=O)CCCC3. The summed E-state index contributed by atoms with van der Waals surface area (Å²) in [7, 11) is 0. The molecule has 7 heteroatoms. The smallest absolute Gasteiger partial charge is 0.263 e. The van der Waals surface area contributed by atoms with Gasteiger partial charge in [0.25, 0.3) is 5.56 Å². The van der Waals surface area contributed by atoms with E-state index in [2.05, 4.69) is 13.8 Å². The van der Waals surface area contributed by atoms with Crippen LogP contribution in [0, 0.1) is 11.8 Å². The molecule has 4 rings (SSSR count). The maximum Gasteiger partial charge on any atom is 0.263 e. The number of carbonyl (C=O) groups excluding carboxylic acids is 1. The summed E-state index contributed by atoms with van der Waals surface area (Å²) < 4.78 is 1.75. The molecule has 2 aromatic heterocycles. The van der Waals surface area contributed by atoms with Gasteiger partial charge in [-0.05, 0) is 56.4 Å². The lowest BCUT2D eigenvalue weighted by molar-refractivity contribution is -0.130. The van der Waals surface area contributed by atoms with Gasteiger partial charge in [-0.1, -0.05) is 25.6 Å². The van der Waals surface area contributed by atoms with Crippen LogP contribution in [0.25, 0.3) is 10.2 Å². The minimum atomic E-state index is 0.0714. The van der Waals surface area contributed by atoms with E-state index < -0.39 is 0 Å². The maximum absolute atomic E-state index is 13.2. The Bertz CT molecular complexity index is 939. The van der Waals surface area contributed by atoms with Crippen LogP contribution in [0.1, 0.15) is 50.5 Å². The van der Waals surface area contributed by atoms with Crippen molar-refractivity contribution in [2.75, 3.05) is 18.8 Å². The fourth-order valence-electron chi connectivity index (χ4n) is 4.69. The number of hydrogen-bond donors (Lipinski definition) is 0. The number of thiophene rings is 1. The van der Waals surface area contributed by atoms with Crippen molar-refractivity contribution in [3.63, 3.8) is 0 Å². The van der Waals surface area contributed by atoms with Crippen molar-refractivity contribution in [1.82, 2.24) is 14.5 Å². The molecular weight excluding hydrogens is 390 g/mol. The number of amides is 1. The molecule has 28 heavy (non-hydrogen) atoms. The highest BCUT2D eigenvalue weighted by atomic mass is 32.2. The molecule has 0 saturated carbocycles. The van der Waals surface area contributed by atoms with Crippen LogP contribution in [0.15, 0.2) is 9.95 Å². The van der Waals surface area contributed by atoms with Gasteiger partial charge < -0.3 is 4.90 Å².